The van der Waals surface area contributed by atoms with E-state index in [0.29, 0.717) is 16.5 Å². The second-order valence-electron chi connectivity index (χ2n) is 7.20. The molecule has 1 aliphatic rings. The van der Waals surface area contributed by atoms with Crippen LogP contribution in [-0.2, 0) is 20.5 Å². The van der Waals surface area contributed by atoms with Crippen molar-refractivity contribution < 1.29 is 37.1 Å². The van der Waals surface area contributed by atoms with E-state index in [0.717, 1.165) is 36.1 Å². The van der Waals surface area contributed by atoms with Crippen molar-refractivity contribution in [2.45, 2.75) is 25.1 Å². The van der Waals surface area contributed by atoms with Gasteiger partial charge in [-0.2, -0.15) is 13.2 Å². The molecule has 168 valence electrons. The lowest BCUT2D eigenvalue weighted by Gasteiger charge is -2.43. The number of carbonyl (C=O) groups excluding carboxylic acids is 2. The molecule has 9 nitrogen and oxygen atoms in total. The summed E-state index contributed by atoms with van der Waals surface area (Å²) in [7, 11) is 0. The van der Waals surface area contributed by atoms with Gasteiger partial charge in [-0.15, -0.1) is 0 Å². The maximum absolute atomic E-state index is 13.2. The molecule has 0 radical (unpaired) electrons. The van der Waals surface area contributed by atoms with Gasteiger partial charge in [-0.3, -0.25) is 19.8 Å². The smallest absolute Gasteiger partial charge is 0.380 e. The predicted octanol–water partition coefficient (Wildman–Crippen LogP) is 2.32. The molecule has 1 fully saturated rings. The standard InChI is InChI=1S/C20H17F3N4O5/c1-10(28)25-20(30)18(29)27(13-5-3-12(4-6-13)19(21,22)23)15(9-31-20)11-2-7-14-16(8-11)32-26-17(14)24/h2-8,15,30H,9H2,1H3,(H2,24,26)(H,25,28)/t15?,20-/m1/s1. The Balaban J connectivity index is 1.79. The van der Waals surface area contributed by atoms with E-state index in [4.69, 9.17) is 15.0 Å². The number of carbonyl (C=O) groups is 2. The number of hydrogen-bond acceptors (Lipinski definition) is 7. The highest BCUT2D eigenvalue weighted by atomic mass is 19.4. The number of nitrogens with one attached hydrogen (secondary N) is 1. The zero-order valence-corrected chi connectivity index (χ0v) is 16.5. The van der Waals surface area contributed by atoms with E-state index in [1.165, 1.54) is 0 Å². The van der Waals surface area contributed by atoms with Gasteiger partial charge in [-0.05, 0) is 42.0 Å². The molecule has 0 aliphatic carbocycles. The number of amides is 2. The quantitative estimate of drug-likeness (QED) is 0.522. The summed E-state index contributed by atoms with van der Waals surface area (Å²) < 4.78 is 49.4. The van der Waals surface area contributed by atoms with Crippen LogP contribution in [0.25, 0.3) is 11.0 Å². The number of nitrogens with two attached hydrogens (primary N) is 1. The number of benzene rings is 2. The number of alkyl halides is 3. The van der Waals surface area contributed by atoms with Crippen LogP contribution in [0.2, 0.25) is 0 Å². The Morgan fingerprint density at radius 3 is 2.59 bits per heavy atom. The third-order valence-electron chi connectivity index (χ3n) is 5.00. The maximum atomic E-state index is 13.2. The van der Waals surface area contributed by atoms with Crippen LogP contribution >= 0.6 is 0 Å². The van der Waals surface area contributed by atoms with E-state index < -0.39 is 35.5 Å². The normalized spacial score (nSPS) is 21.7. The molecule has 4 N–H and O–H groups in total. The summed E-state index contributed by atoms with van der Waals surface area (Å²) in [6.07, 6.45) is -4.57. The summed E-state index contributed by atoms with van der Waals surface area (Å²) in [6.45, 7) is 0.782. The lowest BCUT2D eigenvalue weighted by atomic mass is 10.0. The van der Waals surface area contributed by atoms with Gasteiger partial charge in [0.1, 0.15) is 0 Å². The van der Waals surface area contributed by atoms with E-state index >= 15 is 0 Å². The molecule has 32 heavy (non-hydrogen) atoms. The number of ether oxygens (including phenoxy) is 1. The molecular weight excluding hydrogens is 433 g/mol. The number of rotatable bonds is 3. The summed E-state index contributed by atoms with van der Waals surface area (Å²) in [6, 6.07) is 7.73. The Morgan fingerprint density at radius 1 is 1.28 bits per heavy atom. The number of halogens is 3. The first-order valence-electron chi connectivity index (χ1n) is 9.30. The first-order valence-corrected chi connectivity index (χ1v) is 9.30. The van der Waals surface area contributed by atoms with E-state index in [9.17, 15) is 27.9 Å². The number of morpholine rings is 1. The summed E-state index contributed by atoms with van der Waals surface area (Å²) in [5.74, 6) is -4.35. The fourth-order valence-corrected chi connectivity index (χ4v) is 3.50. The predicted molar refractivity (Wildman–Crippen MR) is 105 cm³/mol. The number of nitrogens with zero attached hydrogens (tertiary/aromatic N) is 2. The first-order chi connectivity index (χ1) is 15.0. The van der Waals surface area contributed by atoms with Crippen LogP contribution < -0.4 is 16.0 Å². The average Bonchev–Trinajstić information content (AvgIpc) is 3.09. The molecule has 2 atom stereocenters. The molecule has 12 heteroatoms. The zero-order valence-electron chi connectivity index (χ0n) is 16.5. The number of aromatic nitrogens is 1. The largest absolute Gasteiger partial charge is 0.416 e. The topological polar surface area (TPSA) is 131 Å². The van der Waals surface area contributed by atoms with E-state index in [1.54, 1.807) is 18.2 Å². The lowest BCUT2D eigenvalue weighted by molar-refractivity contribution is -0.230. The summed E-state index contributed by atoms with van der Waals surface area (Å²) in [4.78, 5) is 25.7. The third kappa shape index (κ3) is 3.74. The summed E-state index contributed by atoms with van der Waals surface area (Å²) in [5.41, 5.74) is 5.66. The second-order valence-corrected chi connectivity index (χ2v) is 7.20. The van der Waals surface area contributed by atoms with Crippen LogP contribution in [0.1, 0.15) is 24.1 Å². The summed E-state index contributed by atoms with van der Waals surface area (Å²) >= 11 is 0. The van der Waals surface area contributed by atoms with Crippen molar-refractivity contribution >= 4 is 34.3 Å². The van der Waals surface area contributed by atoms with Crippen molar-refractivity contribution in [3.05, 3.63) is 53.6 Å². The van der Waals surface area contributed by atoms with Crippen LogP contribution in [0.15, 0.2) is 47.0 Å². The Morgan fingerprint density at radius 2 is 1.97 bits per heavy atom. The van der Waals surface area contributed by atoms with Crippen molar-refractivity contribution in [3.63, 3.8) is 0 Å². The van der Waals surface area contributed by atoms with Crippen molar-refractivity contribution in [3.8, 4) is 0 Å². The Hall–Kier alpha value is -3.64. The zero-order chi connectivity index (χ0) is 23.3. The molecule has 1 aromatic heterocycles. The highest BCUT2D eigenvalue weighted by Crippen LogP contribution is 2.37. The van der Waals surface area contributed by atoms with Gasteiger partial charge >= 0.3 is 18.0 Å². The SMILES string of the molecule is CC(=O)N[C@]1(O)OCC(c2ccc3c(N)noc3c2)N(c2ccc(C(F)(F)F)cc2)C1=O. The molecule has 0 spiro atoms. The molecule has 2 amide bonds. The fraction of sp³-hybridized carbons (Fsp3) is 0.250. The summed E-state index contributed by atoms with van der Waals surface area (Å²) in [5, 5.41) is 16.8. The van der Waals surface area contributed by atoms with Crippen LogP contribution in [0.5, 0.6) is 0 Å². The third-order valence-corrected chi connectivity index (χ3v) is 5.00. The minimum Gasteiger partial charge on any atom is -0.380 e. The maximum Gasteiger partial charge on any atom is 0.416 e. The van der Waals surface area contributed by atoms with Gasteiger partial charge in [0.2, 0.25) is 5.91 Å². The van der Waals surface area contributed by atoms with Crippen LogP contribution in [0, 0.1) is 0 Å². The molecule has 2 heterocycles. The Bertz CT molecular complexity index is 1190. The van der Waals surface area contributed by atoms with Gasteiger partial charge in [0, 0.05) is 12.6 Å². The number of anilines is 2. The van der Waals surface area contributed by atoms with Crippen LogP contribution in [-0.4, -0.2) is 34.6 Å². The highest BCUT2D eigenvalue weighted by Gasteiger charge is 2.50. The molecular formula is C20H17F3N4O5. The number of aliphatic hydroxyl groups is 1. The van der Waals surface area contributed by atoms with Crippen molar-refractivity contribution in [1.82, 2.24) is 10.5 Å². The first kappa shape index (κ1) is 21.6. The highest BCUT2D eigenvalue weighted by molar-refractivity contribution is 6.01. The monoisotopic (exact) mass is 450 g/mol. The number of hydrogen-bond donors (Lipinski definition) is 3. The molecule has 1 unspecified atom stereocenters. The molecule has 2 aromatic carbocycles. The van der Waals surface area contributed by atoms with Gasteiger partial charge in [-0.1, -0.05) is 11.2 Å². The number of nitrogen functional groups attached to an aromatic ring is 1. The molecule has 0 bridgehead atoms. The average molecular weight is 450 g/mol. The van der Waals surface area contributed by atoms with E-state index in [1.807, 2.05) is 5.32 Å². The fourth-order valence-electron chi connectivity index (χ4n) is 3.50. The molecule has 4 rings (SSSR count). The van der Waals surface area contributed by atoms with Crippen molar-refractivity contribution in [1.29, 1.82) is 0 Å². The second kappa shape index (κ2) is 7.50. The molecule has 0 saturated carbocycles. The van der Waals surface area contributed by atoms with Crippen molar-refractivity contribution in [2.75, 3.05) is 17.2 Å². The van der Waals surface area contributed by atoms with Gasteiger partial charge in [0.05, 0.1) is 23.6 Å². The lowest BCUT2D eigenvalue weighted by Crippen LogP contribution is -2.66. The van der Waals surface area contributed by atoms with Crippen molar-refractivity contribution in [2.24, 2.45) is 0 Å². The molecule has 3 aromatic rings. The van der Waals surface area contributed by atoms with Gasteiger partial charge in [-0.25, -0.2) is 0 Å². The molecule has 1 aliphatic heterocycles. The van der Waals surface area contributed by atoms with Crippen LogP contribution in [0.4, 0.5) is 24.7 Å². The Kier molecular flexibility index (Phi) is 5.06. The van der Waals surface area contributed by atoms with Gasteiger partial charge < -0.3 is 20.1 Å². The van der Waals surface area contributed by atoms with Crippen LogP contribution in [0.3, 0.4) is 0 Å². The van der Waals surface area contributed by atoms with Gasteiger partial charge in [0.15, 0.2) is 11.4 Å². The van der Waals surface area contributed by atoms with Gasteiger partial charge in [0.25, 0.3) is 0 Å². The molecule has 1 saturated heterocycles. The minimum absolute atomic E-state index is 0.0530. The van der Waals surface area contributed by atoms with E-state index in [2.05, 4.69) is 5.16 Å². The minimum atomic E-state index is -4.57. The number of fused-ring (bicyclic) bond motifs is 1. The van der Waals surface area contributed by atoms with E-state index in [-0.39, 0.29) is 18.1 Å². The Labute approximate surface area is 178 Å².